The zero-order valence-electron chi connectivity index (χ0n) is 13.7. The van der Waals surface area contributed by atoms with E-state index in [0.29, 0.717) is 6.04 Å². The Morgan fingerprint density at radius 2 is 1.64 bits per heavy atom. The third kappa shape index (κ3) is 3.89. The Morgan fingerprint density at radius 3 is 2.23 bits per heavy atom. The van der Waals surface area contributed by atoms with Crippen molar-refractivity contribution in [3.8, 4) is 0 Å². The normalized spacial score (nSPS) is 22.0. The summed E-state index contributed by atoms with van der Waals surface area (Å²) in [5, 5.41) is 0. The molecule has 2 aliphatic rings. The van der Waals surface area contributed by atoms with E-state index in [2.05, 4.69) is 35.2 Å². The molecule has 22 heavy (non-hydrogen) atoms. The van der Waals surface area contributed by atoms with Crippen LogP contribution in [0.15, 0.2) is 30.3 Å². The molecule has 0 aromatic heterocycles. The number of likely N-dealkylation sites (tertiary alicyclic amines) is 2. The lowest BCUT2D eigenvalue weighted by molar-refractivity contribution is -0.130. The predicted octanol–water partition coefficient (Wildman–Crippen LogP) is 2.95. The molecule has 0 unspecified atom stereocenters. The summed E-state index contributed by atoms with van der Waals surface area (Å²) in [5.74, 6) is 1.08. The first kappa shape index (κ1) is 15.5. The minimum absolute atomic E-state index is 0.236. The molecule has 2 aliphatic heterocycles. The maximum atomic E-state index is 11.4. The second-order valence-corrected chi connectivity index (χ2v) is 6.91. The first-order valence-corrected chi connectivity index (χ1v) is 8.76. The van der Waals surface area contributed by atoms with E-state index in [-0.39, 0.29) is 5.91 Å². The second-order valence-electron chi connectivity index (χ2n) is 6.91. The molecule has 120 valence electrons. The second kappa shape index (κ2) is 7.28. The molecule has 1 amide bonds. The minimum atomic E-state index is 0.236. The van der Waals surface area contributed by atoms with E-state index in [1.165, 1.54) is 37.9 Å². The van der Waals surface area contributed by atoms with Crippen molar-refractivity contribution < 1.29 is 4.79 Å². The van der Waals surface area contributed by atoms with Gasteiger partial charge in [0.05, 0.1) is 0 Å². The molecule has 1 aromatic carbocycles. The Hall–Kier alpha value is -1.35. The number of benzene rings is 1. The lowest BCUT2D eigenvalue weighted by Gasteiger charge is -2.41. The van der Waals surface area contributed by atoms with Crippen LogP contribution in [-0.2, 0) is 11.2 Å². The summed E-state index contributed by atoms with van der Waals surface area (Å²) in [6.07, 6.45) is 6.19. The molecule has 2 fully saturated rings. The highest BCUT2D eigenvalue weighted by molar-refractivity contribution is 5.73. The van der Waals surface area contributed by atoms with Gasteiger partial charge in [-0.25, -0.2) is 0 Å². The molecule has 1 aromatic rings. The van der Waals surface area contributed by atoms with Gasteiger partial charge in [0, 0.05) is 26.1 Å². The van der Waals surface area contributed by atoms with Crippen molar-refractivity contribution in [2.75, 3.05) is 26.2 Å². The van der Waals surface area contributed by atoms with E-state index < -0.39 is 0 Å². The third-order valence-electron chi connectivity index (χ3n) is 5.44. The van der Waals surface area contributed by atoms with Crippen molar-refractivity contribution in [2.45, 2.75) is 45.1 Å². The minimum Gasteiger partial charge on any atom is -0.343 e. The zero-order valence-corrected chi connectivity index (χ0v) is 13.7. The number of piperidine rings is 2. The summed E-state index contributed by atoms with van der Waals surface area (Å²) in [6.45, 7) is 6.06. The molecule has 0 N–H and O–H groups in total. The third-order valence-corrected chi connectivity index (χ3v) is 5.44. The number of hydrogen-bond donors (Lipinski definition) is 0. The van der Waals surface area contributed by atoms with Gasteiger partial charge in [-0.2, -0.15) is 0 Å². The van der Waals surface area contributed by atoms with Gasteiger partial charge in [0.2, 0.25) is 5.91 Å². The largest absolute Gasteiger partial charge is 0.343 e. The fraction of sp³-hybridized carbons (Fsp3) is 0.632. The Labute approximate surface area is 134 Å². The van der Waals surface area contributed by atoms with Gasteiger partial charge >= 0.3 is 0 Å². The summed E-state index contributed by atoms with van der Waals surface area (Å²) in [4.78, 5) is 16.1. The Kier molecular flexibility index (Phi) is 5.14. The van der Waals surface area contributed by atoms with Gasteiger partial charge < -0.3 is 9.80 Å². The van der Waals surface area contributed by atoms with Gasteiger partial charge in [-0.1, -0.05) is 30.3 Å². The van der Waals surface area contributed by atoms with Crippen molar-refractivity contribution in [3.05, 3.63) is 35.9 Å². The average Bonchev–Trinajstić information content (AvgIpc) is 2.57. The van der Waals surface area contributed by atoms with Crippen LogP contribution in [0.5, 0.6) is 0 Å². The number of rotatable bonds is 3. The Bertz CT molecular complexity index is 471. The van der Waals surface area contributed by atoms with Crippen LogP contribution in [-0.4, -0.2) is 47.9 Å². The molecule has 0 saturated carbocycles. The fourth-order valence-electron chi connectivity index (χ4n) is 4.02. The SMILES string of the molecule is CC(=O)N1CCC(N2CCC(Cc3ccccc3)CC2)CC1. The molecule has 3 heteroatoms. The van der Waals surface area contributed by atoms with Crippen LogP contribution >= 0.6 is 0 Å². The summed E-state index contributed by atoms with van der Waals surface area (Å²) >= 11 is 0. The highest BCUT2D eigenvalue weighted by atomic mass is 16.2. The van der Waals surface area contributed by atoms with Gasteiger partial charge in [0.1, 0.15) is 0 Å². The first-order chi connectivity index (χ1) is 10.7. The van der Waals surface area contributed by atoms with E-state index >= 15 is 0 Å². The maximum Gasteiger partial charge on any atom is 0.219 e. The van der Waals surface area contributed by atoms with Crippen molar-refractivity contribution in [1.82, 2.24) is 9.80 Å². The highest BCUT2D eigenvalue weighted by Gasteiger charge is 2.28. The molecule has 0 bridgehead atoms. The smallest absolute Gasteiger partial charge is 0.219 e. The number of hydrogen-bond acceptors (Lipinski definition) is 2. The van der Waals surface area contributed by atoms with Crippen LogP contribution in [0.25, 0.3) is 0 Å². The van der Waals surface area contributed by atoms with Crippen LogP contribution in [0.2, 0.25) is 0 Å². The fourth-order valence-corrected chi connectivity index (χ4v) is 4.02. The Morgan fingerprint density at radius 1 is 1.00 bits per heavy atom. The van der Waals surface area contributed by atoms with Gasteiger partial charge in [0.15, 0.2) is 0 Å². The highest BCUT2D eigenvalue weighted by Crippen LogP contribution is 2.26. The van der Waals surface area contributed by atoms with Crippen molar-refractivity contribution in [2.24, 2.45) is 5.92 Å². The molecule has 3 nitrogen and oxygen atoms in total. The Balaban J connectivity index is 1.43. The molecular formula is C19H28N2O. The van der Waals surface area contributed by atoms with E-state index in [9.17, 15) is 4.79 Å². The van der Waals surface area contributed by atoms with Crippen LogP contribution in [0, 0.1) is 5.92 Å². The van der Waals surface area contributed by atoms with Gasteiger partial charge in [0.25, 0.3) is 0 Å². The molecule has 0 aliphatic carbocycles. The lowest BCUT2D eigenvalue weighted by Crippen LogP contribution is -2.48. The number of nitrogens with zero attached hydrogens (tertiary/aromatic N) is 2. The average molecular weight is 300 g/mol. The molecule has 0 spiro atoms. The van der Waals surface area contributed by atoms with Crippen molar-refractivity contribution in [3.63, 3.8) is 0 Å². The topological polar surface area (TPSA) is 23.6 Å². The molecule has 2 heterocycles. The van der Waals surface area contributed by atoms with Crippen LogP contribution in [0.3, 0.4) is 0 Å². The number of carbonyl (C=O) groups is 1. The van der Waals surface area contributed by atoms with E-state index in [1.807, 2.05) is 4.90 Å². The van der Waals surface area contributed by atoms with Gasteiger partial charge in [-0.15, -0.1) is 0 Å². The maximum absolute atomic E-state index is 11.4. The van der Waals surface area contributed by atoms with Gasteiger partial charge in [-0.3, -0.25) is 4.79 Å². The van der Waals surface area contributed by atoms with E-state index in [0.717, 1.165) is 31.8 Å². The number of amides is 1. The van der Waals surface area contributed by atoms with Crippen molar-refractivity contribution >= 4 is 5.91 Å². The first-order valence-electron chi connectivity index (χ1n) is 8.76. The summed E-state index contributed by atoms with van der Waals surface area (Å²) in [7, 11) is 0. The standard InChI is InChI=1S/C19H28N2O/c1-16(22)20-13-9-19(10-14-20)21-11-7-18(8-12-21)15-17-5-3-2-4-6-17/h2-6,18-19H,7-15H2,1H3. The quantitative estimate of drug-likeness (QED) is 0.857. The van der Waals surface area contributed by atoms with Crippen molar-refractivity contribution in [1.29, 1.82) is 0 Å². The number of carbonyl (C=O) groups excluding carboxylic acids is 1. The van der Waals surface area contributed by atoms with Crippen LogP contribution in [0.4, 0.5) is 0 Å². The summed E-state index contributed by atoms with van der Waals surface area (Å²) in [6, 6.07) is 11.6. The molecule has 0 radical (unpaired) electrons. The summed E-state index contributed by atoms with van der Waals surface area (Å²) < 4.78 is 0. The molecular weight excluding hydrogens is 272 g/mol. The van der Waals surface area contributed by atoms with E-state index in [1.54, 1.807) is 6.92 Å². The van der Waals surface area contributed by atoms with E-state index in [4.69, 9.17) is 0 Å². The molecule has 3 rings (SSSR count). The molecule has 2 saturated heterocycles. The van der Waals surface area contributed by atoms with Crippen LogP contribution < -0.4 is 0 Å². The molecule has 0 atom stereocenters. The zero-order chi connectivity index (χ0) is 15.4. The predicted molar refractivity (Wildman–Crippen MR) is 89.7 cm³/mol. The lowest BCUT2D eigenvalue weighted by atomic mass is 9.88. The monoisotopic (exact) mass is 300 g/mol. The van der Waals surface area contributed by atoms with Gasteiger partial charge in [-0.05, 0) is 56.7 Å². The van der Waals surface area contributed by atoms with Crippen LogP contribution in [0.1, 0.15) is 38.2 Å². The summed E-state index contributed by atoms with van der Waals surface area (Å²) in [5.41, 5.74) is 1.48.